The minimum absolute atomic E-state index is 0.0272. The van der Waals surface area contributed by atoms with E-state index < -0.39 is 15.9 Å². The molecule has 0 bridgehead atoms. The Balaban J connectivity index is 2.14. The number of methoxy groups -OCH3 is 1. The van der Waals surface area contributed by atoms with E-state index in [1.165, 1.54) is 7.11 Å². The number of hydrogen-bond acceptors (Lipinski definition) is 6. The highest BCUT2D eigenvalue weighted by Crippen LogP contribution is 2.32. The molecule has 20 heavy (non-hydrogen) atoms. The van der Waals surface area contributed by atoms with Gasteiger partial charge in [0.05, 0.1) is 24.7 Å². The van der Waals surface area contributed by atoms with Crippen molar-refractivity contribution in [3.05, 3.63) is 23.8 Å². The summed E-state index contributed by atoms with van der Waals surface area (Å²) < 4.78 is 33.1. The van der Waals surface area contributed by atoms with Crippen molar-refractivity contribution in [3.8, 4) is 11.5 Å². The molecule has 0 aliphatic carbocycles. The van der Waals surface area contributed by atoms with Gasteiger partial charge < -0.3 is 19.9 Å². The van der Waals surface area contributed by atoms with Gasteiger partial charge in [-0.2, -0.15) is 0 Å². The Labute approximate surface area is 118 Å². The molecule has 1 aromatic rings. The Morgan fingerprint density at radius 2 is 2.10 bits per heavy atom. The first kappa shape index (κ1) is 15.1. The van der Waals surface area contributed by atoms with Crippen molar-refractivity contribution >= 4 is 9.84 Å². The fraction of sp³-hybridized carbons (Fsp3) is 0.538. The zero-order valence-electron chi connectivity index (χ0n) is 11.5. The zero-order chi connectivity index (χ0) is 14.8. The standard InChI is InChI=1S/C13H19NO5S/c1-14-6-11(15)9-3-4-12(18-2)13(5-9)19-10-7-20(16,17)8-10/h3-5,10-11,14-15H,6-8H2,1-2H3. The lowest BCUT2D eigenvalue weighted by atomic mass is 10.1. The van der Waals surface area contributed by atoms with Crippen molar-refractivity contribution in [2.45, 2.75) is 12.2 Å². The molecule has 0 radical (unpaired) electrons. The van der Waals surface area contributed by atoms with Crippen LogP contribution < -0.4 is 14.8 Å². The summed E-state index contributed by atoms with van der Waals surface area (Å²) in [5.74, 6) is 1.04. The second-order valence-electron chi connectivity index (χ2n) is 4.80. The van der Waals surface area contributed by atoms with E-state index in [1.54, 1.807) is 25.2 Å². The molecule has 0 saturated carbocycles. The van der Waals surface area contributed by atoms with Crippen molar-refractivity contribution in [2.24, 2.45) is 0 Å². The summed E-state index contributed by atoms with van der Waals surface area (Å²) in [5, 5.41) is 12.8. The lowest BCUT2D eigenvalue weighted by molar-refractivity contribution is 0.175. The van der Waals surface area contributed by atoms with Crippen molar-refractivity contribution in [1.29, 1.82) is 0 Å². The number of hydrogen-bond donors (Lipinski definition) is 2. The summed E-state index contributed by atoms with van der Waals surface area (Å²) in [6, 6.07) is 5.15. The number of aliphatic hydroxyl groups is 1. The van der Waals surface area contributed by atoms with Crippen LogP contribution in [0.5, 0.6) is 11.5 Å². The smallest absolute Gasteiger partial charge is 0.162 e. The Kier molecular flexibility index (Phi) is 4.52. The van der Waals surface area contributed by atoms with Gasteiger partial charge in [-0.15, -0.1) is 0 Å². The summed E-state index contributed by atoms with van der Waals surface area (Å²) in [4.78, 5) is 0. The van der Waals surface area contributed by atoms with Gasteiger partial charge in [0.15, 0.2) is 21.3 Å². The van der Waals surface area contributed by atoms with Crippen molar-refractivity contribution in [3.63, 3.8) is 0 Å². The monoisotopic (exact) mass is 301 g/mol. The molecule has 1 unspecified atom stereocenters. The Bertz CT molecular complexity index is 560. The molecule has 0 aromatic heterocycles. The summed E-state index contributed by atoms with van der Waals surface area (Å²) in [7, 11) is 0.340. The van der Waals surface area contributed by atoms with E-state index in [0.717, 1.165) is 0 Å². The van der Waals surface area contributed by atoms with Gasteiger partial charge in [0.25, 0.3) is 0 Å². The summed E-state index contributed by atoms with van der Waals surface area (Å²) >= 11 is 0. The number of benzene rings is 1. The van der Waals surface area contributed by atoms with Gasteiger partial charge >= 0.3 is 0 Å². The van der Waals surface area contributed by atoms with E-state index in [0.29, 0.717) is 23.6 Å². The highest BCUT2D eigenvalue weighted by Gasteiger charge is 2.35. The van der Waals surface area contributed by atoms with Gasteiger partial charge in [0.1, 0.15) is 6.10 Å². The van der Waals surface area contributed by atoms with Crippen LogP contribution in [0.4, 0.5) is 0 Å². The molecule has 7 heteroatoms. The van der Waals surface area contributed by atoms with Crippen LogP contribution in [-0.2, 0) is 9.84 Å². The first-order chi connectivity index (χ1) is 9.45. The van der Waals surface area contributed by atoms with E-state index in [9.17, 15) is 13.5 Å². The van der Waals surface area contributed by atoms with Crippen LogP contribution in [0, 0.1) is 0 Å². The van der Waals surface area contributed by atoms with Crippen LogP contribution in [0.1, 0.15) is 11.7 Å². The van der Waals surface area contributed by atoms with E-state index >= 15 is 0 Å². The molecule has 0 amide bonds. The van der Waals surface area contributed by atoms with Crippen LogP contribution in [0.25, 0.3) is 0 Å². The van der Waals surface area contributed by atoms with Gasteiger partial charge in [0, 0.05) is 6.54 Å². The predicted molar refractivity (Wildman–Crippen MR) is 75.0 cm³/mol. The molecule has 1 atom stereocenters. The van der Waals surface area contributed by atoms with Gasteiger partial charge in [-0.3, -0.25) is 0 Å². The minimum atomic E-state index is -2.93. The van der Waals surface area contributed by atoms with Crippen LogP contribution in [-0.4, -0.2) is 51.8 Å². The van der Waals surface area contributed by atoms with Crippen molar-refractivity contribution < 1.29 is 23.0 Å². The highest BCUT2D eigenvalue weighted by molar-refractivity contribution is 7.92. The Hall–Kier alpha value is -1.31. The second-order valence-corrected chi connectivity index (χ2v) is 6.95. The van der Waals surface area contributed by atoms with Gasteiger partial charge in [-0.25, -0.2) is 8.42 Å². The fourth-order valence-corrected chi connectivity index (χ4v) is 3.24. The molecule has 1 saturated heterocycles. The number of ether oxygens (including phenoxy) is 2. The average molecular weight is 301 g/mol. The maximum atomic E-state index is 11.1. The number of likely N-dealkylation sites (N-methyl/N-ethyl adjacent to an activating group) is 1. The lowest BCUT2D eigenvalue weighted by Crippen LogP contribution is -2.45. The summed E-state index contributed by atoms with van der Waals surface area (Å²) in [6.07, 6.45) is -0.996. The first-order valence-corrected chi connectivity index (χ1v) is 8.15. The number of aliphatic hydroxyl groups excluding tert-OH is 1. The number of nitrogens with one attached hydrogen (secondary N) is 1. The van der Waals surface area contributed by atoms with E-state index in [4.69, 9.17) is 9.47 Å². The maximum absolute atomic E-state index is 11.1. The lowest BCUT2D eigenvalue weighted by Gasteiger charge is -2.27. The summed E-state index contributed by atoms with van der Waals surface area (Å²) in [6.45, 7) is 0.420. The third-order valence-electron chi connectivity index (χ3n) is 3.14. The van der Waals surface area contributed by atoms with Crippen molar-refractivity contribution in [2.75, 3.05) is 32.2 Å². The van der Waals surface area contributed by atoms with E-state index in [2.05, 4.69) is 5.32 Å². The molecule has 0 spiro atoms. The van der Waals surface area contributed by atoms with Crippen LogP contribution >= 0.6 is 0 Å². The van der Waals surface area contributed by atoms with Crippen LogP contribution in [0.3, 0.4) is 0 Å². The molecule has 6 nitrogen and oxygen atoms in total. The van der Waals surface area contributed by atoms with Gasteiger partial charge in [-0.05, 0) is 24.7 Å². The molecular formula is C13H19NO5S. The van der Waals surface area contributed by atoms with Crippen LogP contribution in [0.2, 0.25) is 0 Å². The molecule has 1 fully saturated rings. The number of sulfone groups is 1. The van der Waals surface area contributed by atoms with Crippen LogP contribution in [0.15, 0.2) is 18.2 Å². The molecule has 1 aliphatic rings. The normalized spacial score (nSPS) is 19.1. The fourth-order valence-electron chi connectivity index (χ4n) is 2.07. The molecule has 112 valence electrons. The Morgan fingerprint density at radius 1 is 1.40 bits per heavy atom. The maximum Gasteiger partial charge on any atom is 0.162 e. The van der Waals surface area contributed by atoms with E-state index in [-0.39, 0.29) is 17.6 Å². The molecule has 1 aromatic carbocycles. The molecule has 1 heterocycles. The molecule has 1 aliphatic heterocycles. The molecule has 2 N–H and O–H groups in total. The Morgan fingerprint density at radius 3 is 2.65 bits per heavy atom. The quantitative estimate of drug-likeness (QED) is 0.776. The zero-order valence-corrected chi connectivity index (χ0v) is 12.3. The van der Waals surface area contributed by atoms with E-state index in [1.807, 2.05) is 0 Å². The highest BCUT2D eigenvalue weighted by atomic mass is 32.2. The second kappa shape index (κ2) is 5.99. The minimum Gasteiger partial charge on any atom is -0.493 e. The summed E-state index contributed by atoms with van der Waals surface area (Å²) in [5.41, 5.74) is 0.692. The molecule has 2 rings (SSSR count). The van der Waals surface area contributed by atoms with Gasteiger partial charge in [-0.1, -0.05) is 6.07 Å². The average Bonchev–Trinajstić information content (AvgIpc) is 2.36. The largest absolute Gasteiger partial charge is 0.493 e. The third-order valence-corrected chi connectivity index (χ3v) is 4.90. The SMILES string of the molecule is CNCC(O)c1ccc(OC)c(OC2CS(=O)(=O)C2)c1. The predicted octanol–water partition coefficient (Wildman–Crippen LogP) is 0.124. The third kappa shape index (κ3) is 3.41. The first-order valence-electron chi connectivity index (χ1n) is 6.33. The van der Waals surface area contributed by atoms with Gasteiger partial charge in [0.2, 0.25) is 0 Å². The molecular weight excluding hydrogens is 282 g/mol. The number of rotatable bonds is 6. The topological polar surface area (TPSA) is 84.9 Å². The van der Waals surface area contributed by atoms with Crippen molar-refractivity contribution in [1.82, 2.24) is 5.32 Å².